The molecule has 1 N–H and O–H groups in total. The third-order valence-electron chi connectivity index (χ3n) is 3.32. The number of hydrogen-bond acceptors (Lipinski definition) is 2. The average Bonchev–Trinajstić information content (AvgIpc) is 2.14. The van der Waals surface area contributed by atoms with Crippen molar-refractivity contribution in [3.63, 3.8) is 0 Å². The minimum atomic E-state index is -0.461. The molecule has 1 fully saturated rings. The molecule has 0 aromatic heterocycles. The zero-order valence-corrected chi connectivity index (χ0v) is 10.1. The van der Waals surface area contributed by atoms with Crippen molar-refractivity contribution < 1.29 is 9.84 Å². The van der Waals surface area contributed by atoms with E-state index in [1.54, 1.807) is 6.92 Å². The third-order valence-corrected chi connectivity index (χ3v) is 3.32. The molecular formula is C14H20O2. The summed E-state index contributed by atoms with van der Waals surface area (Å²) in [4.78, 5) is 0. The van der Waals surface area contributed by atoms with Gasteiger partial charge in [-0.15, -0.1) is 0 Å². The van der Waals surface area contributed by atoms with Gasteiger partial charge >= 0.3 is 0 Å². The van der Waals surface area contributed by atoms with Gasteiger partial charge in [0.1, 0.15) is 5.75 Å². The molecule has 0 unspecified atom stereocenters. The summed E-state index contributed by atoms with van der Waals surface area (Å²) in [5.41, 5.74) is 2.07. The summed E-state index contributed by atoms with van der Waals surface area (Å²) >= 11 is 0. The summed E-state index contributed by atoms with van der Waals surface area (Å²) in [6.07, 6.45) is 3.45. The van der Waals surface area contributed by atoms with E-state index in [-0.39, 0.29) is 0 Å². The van der Waals surface area contributed by atoms with Crippen LogP contribution in [0, 0.1) is 12.8 Å². The van der Waals surface area contributed by atoms with Crippen molar-refractivity contribution in [2.24, 2.45) is 5.92 Å². The zero-order valence-electron chi connectivity index (χ0n) is 10.1. The molecule has 0 amide bonds. The van der Waals surface area contributed by atoms with Crippen LogP contribution in [0.2, 0.25) is 0 Å². The van der Waals surface area contributed by atoms with Gasteiger partial charge in [-0.2, -0.15) is 0 Å². The van der Waals surface area contributed by atoms with Crippen LogP contribution < -0.4 is 4.74 Å². The van der Waals surface area contributed by atoms with Crippen LogP contribution in [0.4, 0.5) is 0 Å². The van der Waals surface area contributed by atoms with Gasteiger partial charge < -0.3 is 9.84 Å². The van der Waals surface area contributed by atoms with Gasteiger partial charge in [-0.25, -0.2) is 0 Å². The smallest absolute Gasteiger partial charge is 0.125 e. The summed E-state index contributed by atoms with van der Waals surface area (Å²) in [6.45, 7) is 4.62. The molecule has 1 aliphatic carbocycles. The average molecular weight is 220 g/mol. The van der Waals surface area contributed by atoms with Gasteiger partial charge in [0.2, 0.25) is 0 Å². The van der Waals surface area contributed by atoms with Gasteiger partial charge in [-0.1, -0.05) is 18.6 Å². The molecule has 16 heavy (non-hydrogen) atoms. The lowest BCUT2D eigenvalue weighted by Gasteiger charge is -2.26. The number of ether oxygens (including phenoxy) is 1. The maximum absolute atomic E-state index is 9.65. The molecule has 0 heterocycles. The van der Waals surface area contributed by atoms with Crippen molar-refractivity contribution in [1.82, 2.24) is 0 Å². The predicted octanol–water partition coefficient (Wildman–Crippen LogP) is 3.23. The molecule has 2 rings (SSSR count). The van der Waals surface area contributed by atoms with Gasteiger partial charge in [0.05, 0.1) is 12.7 Å². The van der Waals surface area contributed by atoms with Crippen LogP contribution >= 0.6 is 0 Å². The molecule has 1 aromatic rings. The van der Waals surface area contributed by atoms with Crippen LogP contribution in [0.3, 0.4) is 0 Å². The Morgan fingerprint density at radius 2 is 2.19 bits per heavy atom. The van der Waals surface area contributed by atoms with E-state index in [2.05, 4.69) is 0 Å². The lowest BCUT2D eigenvalue weighted by Crippen LogP contribution is -2.19. The van der Waals surface area contributed by atoms with Crippen LogP contribution in [0.1, 0.15) is 43.4 Å². The summed E-state index contributed by atoms with van der Waals surface area (Å²) in [6, 6.07) is 5.98. The maximum Gasteiger partial charge on any atom is 0.125 e. The van der Waals surface area contributed by atoms with E-state index >= 15 is 0 Å². The Bertz CT molecular complexity index is 354. The first-order valence-electron chi connectivity index (χ1n) is 6.08. The fourth-order valence-electron chi connectivity index (χ4n) is 1.98. The number of aliphatic hydroxyl groups is 1. The number of rotatable bonds is 4. The predicted molar refractivity (Wildman–Crippen MR) is 64.6 cm³/mol. The van der Waals surface area contributed by atoms with Crippen LogP contribution in [-0.2, 0) is 0 Å². The van der Waals surface area contributed by atoms with E-state index < -0.39 is 6.10 Å². The number of hydrogen-bond donors (Lipinski definition) is 1. The Kier molecular flexibility index (Phi) is 3.49. The van der Waals surface area contributed by atoms with E-state index in [4.69, 9.17) is 4.74 Å². The largest absolute Gasteiger partial charge is 0.493 e. The van der Waals surface area contributed by atoms with Crippen LogP contribution in [-0.4, -0.2) is 11.7 Å². The standard InChI is InChI=1S/C14H20O2/c1-10-6-7-13(11(2)15)14(8-10)16-9-12-4-3-5-12/h6-8,11-12,15H,3-5,9H2,1-2H3/t11-/m0/s1. The van der Waals surface area contributed by atoms with Crippen molar-refractivity contribution in [3.8, 4) is 5.75 Å². The third kappa shape index (κ3) is 2.56. The van der Waals surface area contributed by atoms with Crippen LogP contribution in [0.5, 0.6) is 5.75 Å². The molecule has 0 radical (unpaired) electrons. The Labute approximate surface area is 97.3 Å². The van der Waals surface area contributed by atoms with E-state index in [9.17, 15) is 5.11 Å². The van der Waals surface area contributed by atoms with E-state index in [0.717, 1.165) is 23.8 Å². The first-order chi connectivity index (χ1) is 7.66. The Morgan fingerprint density at radius 3 is 2.75 bits per heavy atom. The molecule has 0 aliphatic heterocycles. The normalized spacial score (nSPS) is 17.9. The van der Waals surface area contributed by atoms with E-state index in [1.807, 2.05) is 25.1 Å². The van der Waals surface area contributed by atoms with Gasteiger partial charge in [0.15, 0.2) is 0 Å². The molecule has 88 valence electrons. The summed E-state index contributed by atoms with van der Waals surface area (Å²) in [7, 11) is 0. The SMILES string of the molecule is Cc1ccc([C@H](C)O)c(OCC2CCC2)c1. The van der Waals surface area contributed by atoms with Crippen molar-refractivity contribution in [2.75, 3.05) is 6.61 Å². The highest BCUT2D eigenvalue weighted by Crippen LogP contribution is 2.30. The highest BCUT2D eigenvalue weighted by Gasteiger charge is 2.19. The maximum atomic E-state index is 9.65. The van der Waals surface area contributed by atoms with Crippen molar-refractivity contribution >= 4 is 0 Å². The van der Waals surface area contributed by atoms with Gasteiger partial charge in [0, 0.05) is 5.56 Å². The quantitative estimate of drug-likeness (QED) is 0.844. The Balaban J connectivity index is 2.06. The van der Waals surface area contributed by atoms with Crippen molar-refractivity contribution in [1.29, 1.82) is 0 Å². The molecule has 1 saturated carbocycles. The molecular weight excluding hydrogens is 200 g/mol. The molecule has 0 saturated heterocycles. The molecule has 2 heteroatoms. The molecule has 2 nitrogen and oxygen atoms in total. The van der Waals surface area contributed by atoms with Gasteiger partial charge in [-0.3, -0.25) is 0 Å². The highest BCUT2D eigenvalue weighted by atomic mass is 16.5. The first-order valence-corrected chi connectivity index (χ1v) is 6.08. The highest BCUT2D eigenvalue weighted by molar-refractivity contribution is 5.38. The number of aliphatic hydroxyl groups excluding tert-OH is 1. The number of aryl methyl sites for hydroxylation is 1. The molecule has 1 aromatic carbocycles. The monoisotopic (exact) mass is 220 g/mol. The first kappa shape index (κ1) is 11.5. The Morgan fingerprint density at radius 1 is 1.44 bits per heavy atom. The van der Waals surface area contributed by atoms with Crippen LogP contribution in [0.15, 0.2) is 18.2 Å². The summed E-state index contributed by atoms with van der Waals surface area (Å²) in [5, 5.41) is 9.65. The zero-order chi connectivity index (χ0) is 11.5. The fourth-order valence-corrected chi connectivity index (χ4v) is 1.98. The lowest BCUT2D eigenvalue weighted by molar-refractivity contribution is 0.164. The molecule has 0 bridgehead atoms. The fraction of sp³-hybridized carbons (Fsp3) is 0.571. The van der Waals surface area contributed by atoms with Crippen LogP contribution in [0.25, 0.3) is 0 Å². The van der Waals surface area contributed by atoms with Crippen molar-refractivity contribution in [2.45, 2.75) is 39.2 Å². The second kappa shape index (κ2) is 4.88. The summed E-state index contributed by atoms with van der Waals surface area (Å²) in [5.74, 6) is 1.57. The molecule has 1 atom stereocenters. The summed E-state index contributed by atoms with van der Waals surface area (Å²) < 4.78 is 5.82. The minimum Gasteiger partial charge on any atom is -0.493 e. The van der Waals surface area contributed by atoms with Gasteiger partial charge in [0.25, 0.3) is 0 Å². The second-order valence-electron chi connectivity index (χ2n) is 4.83. The Hall–Kier alpha value is -1.02. The van der Waals surface area contributed by atoms with E-state index in [0.29, 0.717) is 0 Å². The number of benzene rings is 1. The second-order valence-corrected chi connectivity index (χ2v) is 4.83. The lowest BCUT2D eigenvalue weighted by atomic mass is 9.86. The molecule has 1 aliphatic rings. The van der Waals surface area contributed by atoms with E-state index in [1.165, 1.54) is 24.8 Å². The van der Waals surface area contributed by atoms with Gasteiger partial charge in [-0.05, 0) is 44.2 Å². The molecule has 0 spiro atoms. The topological polar surface area (TPSA) is 29.5 Å². The van der Waals surface area contributed by atoms with Crippen molar-refractivity contribution in [3.05, 3.63) is 29.3 Å². The minimum absolute atomic E-state index is 0.461.